The number of nitrogens with one attached hydrogen (secondary N) is 1. The van der Waals surface area contributed by atoms with E-state index < -0.39 is 28.4 Å². The summed E-state index contributed by atoms with van der Waals surface area (Å²) in [4.78, 5) is 44.6. The summed E-state index contributed by atoms with van der Waals surface area (Å²) < 4.78 is 0.999. The van der Waals surface area contributed by atoms with Gasteiger partial charge in [-0.15, -0.1) is 0 Å². The number of amides is 1. The Labute approximate surface area is 125 Å². The predicted octanol–water partition coefficient (Wildman–Crippen LogP) is 0.544. The molecule has 1 aromatic heterocycles. The zero-order valence-corrected chi connectivity index (χ0v) is 12.2. The largest absolute Gasteiger partial charge is 0.481 e. The molecule has 22 heavy (non-hydrogen) atoms. The first-order valence-electron chi connectivity index (χ1n) is 6.60. The highest BCUT2D eigenvalue weighted by molar-refractivity contribution is 5.81. The summed E-state index contributed by atoms with van der Waals surface area (Å²) in [7, 11) is 0. The van der Waals surface area contributed by atoms with Crippen molar-refractivity contribution in [1.82, 2.24) is 9.88 Å². The summed E-state index contributed by atoms with van der Waals surface area (Å²) in [5.41, 5.74) is -0.846. The van der Waals surface area contributed by atoms with Gasteiger partial charge in [-0.2, -0.15) is 0 Å². The molecule has 1 unspecified atom stereocenters. The van der Waals surface area contributed by atoms with Gasteiger partial charge in [-0.1, -0.05) is 13.8 Å². The number of carbonyl (C=O) groups excluding carboxylic acids is 1. The van der Waals surface area contributed by atoms with Gasteiger partial charge in [0.1, 0.15) is 6.04 Å². The van der Waals surface area contributed by atoms with Gasteiger partial charge in [0.2, 0.25) is 5.91 Å². The third-order valence-electron chi connectivity index (χ3n) is 2.97. The quantitative estimate of drug-likeness (QED) is 0.558. The van der Waals surface area contributed by atoms with Crippen molar-refractivity contribution in [2.24, 2.45) is 5.92 Å². The number of rotatable bonds is 7. The van der Waals surface area contributed by atoms with E-state index in [0.29, 0.717) is 0 Å². The number of hydrogen-bond donors (Lipinski definition) is 2. The molecule has 1 atom stereocenters. The number of carboxylic acids is 1. The molecule has 9 heteroatoms. The highest BCUT2D eigenvalue weighted by Gasteiger charge is 2.26. The molecule has 0 saturated carbocycles. The van der Waals surface area contributed by atoms with E-state index in [2.05, 4.69) is 5.32 Å². The Morgan fingerprint density at radius 3 is 2.55 bits per heavy atom. The summed E-state index contributed by atoms with van der Waals surface area (Å²) in [5, 5.41) is 21.8. The molecule has 0 aliphatic heterocycles. The molecule has 0 aliphatic rings. The number of carbonyl (C=O) groups is 2. The second-order valence-corrected chi connectivity index (χ2v) is 5.01. The molecule has 0 bridgehead atoms. The van der Waals surface area contributed by atoms with Gasteiger partial charge in [0, 0.05) is 18.7 Å². The lowest BCUT2D eigenvalue weighted by molar-refractivity contribution is -0.385. The van der Waals surface area contributed by atoms with E-state index in [0.717, 1.165) is 22.9 Å². The van der Waals surface area contributed by atoms with Crippen molar-refractivity contribution >= 4 is 17.6 Å². The zero-order chi connectivity index (χ0) is 16.9. The topological polar surface area (TPSA) is 132 Å². The molecule has 0 spiro atoms. The van der Waals surface area contributed by atoms with E-state index in [9.17, 15) is 24.5 Å². The number of aromatic nitrogens is 1. The zero-order valence-electron chi connectivity index (χ0n) is 12.2. The molecule has 0 radical (unpaired) electrons. The second kappa shape index (κ2) is 7.34. The first kappa shape index (κ1) is 17.3. The van der Waals surface area contributed by atoms with E-state index in [1.165, 1.54) is 0 Å². The third-order valence-corrected chi connectivity index (χ3v) is 2.97. The molecule has 1 rings (SSSR count). The third kappa shape index (κ3) is 4.40. The number of carboxylic acid groups (broad SMARTS) is 1. The molecule has 0 fully saturated rings. The summed E-state index contributed by atoms with van der Waals surface area (Å²) in [5.74, 6) is -1.93. The van der Waals surface area contributed by atoms with Gasteiger partial charge in [-0.05, 0) is 5.92 Å². The number of hydrogen-bond acceptors (Lipinski definition) is 5. The van der Waals surface area contributed by atoms with Gasteiger partial charge in [-0.3, -0.25) is 29.1 Å². The highest BCUT2D eigenvalue weighted by atomic mass is 16.6. The van der Waals surface area contributed by atoms with Crippen LogP contribution in [0.15, 0.2) is 23.1 Å². The Morgan fingerprint density at radius 1 is 1.41 bits per heavy atom. The Bertz CT molecular complexity index is 637. The van der Waals surface area contributed by atoms with Crippen LogP contribution in [0.1, 0.15) is 26.3 Å². The van der Waals surface area contributed by atoms with Crippen molar-refractivity contribution in [3.8, 4) is 0 Å². The Morgan fingerprint density at radius 2 is 2.05 bits per heavy atom. The lowest BCUT2D eigenvalue weighted by atomic mass is 10.0. The molecular weight excluding hydrogens is 294 g/mol. The molecular formula is C13H17N3O6. The lowest BCUT2D eigenvalue weighted by Crippen LogP contribution is -2.40. The van der Waals surface area contributed by atoms with Gasteiger partial charge in [-0.25, -0.2) is 0 Å². The predicted molar refractivity (Wildman–Crippen MR) is 76.5 cm³/mol. The Hall–Kier alpha value is -2.71. The first-order chi connectivity index (χ1) is 10.2. The van der Waals surface area contributed by atoms with Crippen LogP contribution in [0.5, 0.6) is 0 Å². The molecule has 0 aliphatic carbocycles. The van der Waals surface area contributed by atoms with E-state index >= 15 is 0 Å². The SMILES string of the molecule is CC(C)C(C(=O)NCCC(=O)O)n1cc([N+](=O)[O-])ccc1=O. The standard InChI is InChI=1S/C13H17N3O6/c1-8(2)12(13(20)14-6-5-11(18)19)15-7-9(16(21)22)3-4-10(15)17/h3-4,7-8,12H,5-6H2,1-2H3,(H,14,20)(H,18,19). The number of nitrogens with zero attached hydrogens (tertiary/aromatic N) is 2. The fourth-order valence-corrected chi connectivity index (χ4v) is 1.96. The summed E-state index contributed by atoms with van der Waals surface area (Å²) in [6.07, 6.45) is 0.768. The summed E-state index contributed by atoms with van der Waals surface area (Å²) in [6.45, 7) is 3.29. The minimum absolute atomic E-state index is 0.0823. The maximum absolute atomic E-state index is 12.2. The van der Waals surface area contributed by atoms with Crippen LogP contribution in [-0.4, -0.2) is 33.0 Å². The fourth-order valence-electron chi connectivity index (χ4n) is 1.96. The maximum atomic E-state index is 12.2. The maximum Gasteiger partial charge on any atom is 0.305 e. The van der Waals surface area contributed by atoms with Gasteiger partial charge in [0.25, 0.3) is 11.2 Å². The van der Waals surface area contributed by atoms with Crippen LogP contribution in [0, 0.1) is 16.0 Å². The number of nitro groups is 1. The molecule has 1 aromatic rings. The first-order valence-corrected chi connectivity index (χ1v) is 6.60. The minimum atomic E-state index is -1.06. The van der Waals surface area contributed by atoms with E-state index in [1.54, 1.807) is 13.8 Å². The molecule has 0 aromatic carbocycles. The Kier molecular flexibility index (Phi) is 5.79. The molecule has 1 heterocycles. The van der Waals surface area contributed by atoms with E-state index in [4.69, 9.17) is 5.11 Å². The van der Waals surface area contributed by atoms with E-state index in [-0.39, 0.29) is 24.6 Å². The molecule has 120 valence electrons. The monoisotopic (exact) mass is 311 g/mol. The van der Waals surface area contributed by atoms with Crippen molar-refractivity contribution in [1.29, 1.82) is 0 Å². The van der Waals surface area contributed by atoms with Crippen LogP contribution in [0.25, 0.3) is 0 Å². The van der Waals surface area contributed by atoms with Crippen LogP contribution in [0.2, 0.25) is 0 Å². The Balaban J connectivity index is 3.07. The van der Waals surface area contributed by atoms with Crippen LogP contribution in [0.4, 0.5) is 5.69 Å². The number of pyridine rings is 1. The summed E-state index contributed by atoms with van der Waals surface area (Å²) in [6, 6.07) is 1.14. The average Bonchev–Trinajstić information content (AvgIpc) is 2.40. The summed E-state index contributed by atoms with van der Waals surface area (Å²) >= 11 is 0. The van der Waals surface area contributed by atoms with Crippen molar-refractivity contribution in [3.63, 3.8) is 0 Å². The van der Waals surface area contributed by atoms with Gasteiger partial charge in [0.05, 0.1) is 17.5 Å². The lowest BCUT2D eigenvalue weighted by Gasteiger charge is -2.22. The van der Waals surface area contributed by atoms with Crippen LogP contribution in [-0.2, 0) is 9.59 Å². The average molecular weight is 311 g/mol. The normalized spacial score (nSPS) is 12.0. The second-order valence-electron chi connectivity index (χ2n) is 5.01. The molecule has 1 amide bonds. The highest BCUT2D eigenvalue weighted by Crippen LogP contribution is 2.18. The van der Waals surface area contributed by atoms with Gasteiger partial charge >= 0.3 is 5.97 Å². The van der Waals surface area contributed by atoms with Crippen molar-refractivity contribution in [3.05, 3.63) is 38.8 Å². The molecule has 9 nitrogen and oxygen atoms in total. The van der Waals surface area contributed by atoms with Crippen LogP contribution < -0.4 is 10.9 Å². The van der Waals surface area contributed by atoms with Gasteiger partial charge in [0.15, 0.2) is 0 Å². The molecule has 0 saturated heterocycles. The van der Waals surface area contributed by atoms with E-state index in [1.807, 2.05) is 0 Å². The van der Waals surface area contributed by atoms with Gasteiger partial charge < -0.3 is 10.4 Å². The van der Waals surface area contributed by atoms with Crippen molar-refractivity contribution < 1.29 is 19.6 Å². The molecule has 2 N–H and O–H groups in total. The van der Waals surface area contributed by atoms with Crippen molar-refractivity contribution in [2.45, 2.75) is 26.3 Å². The van der Waals surface area contributed by atoms with Crippen LogP contribution in [0.3, 0.4) is 0 Å². The van der Waals surface area contributed by atoms with Crippen LogP contribution >= 0.6 is 0 Å². The van der Waals surface area contributed by atoms with Crippen molar-refractivity contribution in [2.75, 3.05) is 6.54 Å². The smallest absolute Gasteiger partial charge is 0.305 e. The fraction of sp³-hybridized carbons (Fsp3) is 0.462. The minimum Gasteiger partial charge on any atom is -0.481 e. The number of aliphatic carboxylic acids is 1.